The van der Waals surface area contributed by atoms with Crippen LogP contribution in [0.15, 0.2) is 12.1 Å². The van der Waals surface area contributed by atoms with Gasteiger partial charge >= 0.3 is 0 Å². The Balaban J connectivity index is 2.65. The van der Waals surface area contributed by atoms with Crippen LogP contribution < -0.4 is 9.47 Å². The average Bonchev–Trinajstić information content (AvgIpc) is 2.98. The maximum Gasteiger partial charge on any atom is 0.124 e. The van der Waals surface area contributed by atoms with Gasteiger partial charge in [-0.2, -0.15) is 0 Å². The van der Waals surface area contributed by atoms with E-state index in [0.29, 0.717) is 102 Å². The summed E-state index contributed by atoms with van der Waals surface area (Å²) in [6.45, 7) is 7.92. The van der Waals surface area contributed by atoms with Crippen molar-refractivity contribution in [2.75, 3.05) is 99.3 Å². The Morgan fingerprint density at radius 2 is 1.05 bits per heavy atom. The molecule has 41 heavy (non-hydrogen) atoms. The van der Waals surface area contributed by atoms with Gasteiger partial charge in [-0.3, -0.25) is 4.21 Å². The Morgan fingerprint density at radius 3 is 1.56 bits per heavy atom. The molecule has 0 saturated heterocycles. The monoisotopic (exact) mass is 624 g/mol. The minimum Gasteiger partial charge on any atom is -0.491 e. The molecule has 0 bridgehead atoms. The first-order chi connectivity index (χ1) is 20.2. The summed E-state index contributed by atoms with van der Waals surface area (Å²) in [4.78, 5) is 0. The first kappa shape index (κ1) is 38.0. The smallest absolute Gasteiger partial charge is 0.124 e. The van der Waals surface area contributed by atoms with Gasteiger partial charge in [0.1, 0.15) is 24.7 Å². The van der Waals surface area contributed by atoms with Crippen molar-refractivity contribution in [1.82, 2.24) is 0 Å². The van der Waals surface area contributed by atoms with Gasteiger partial charge in [0.2, 0.25) is 0 Å². The standard InChI is InChI=1S/C30H53ClO9S/c1-4-5-6-7-8-9-22-41(32)26-28-24-29(39-20-18-37-16-14-35-12-10-33-2)27(25-31)23-30(28)40-21-19-38-17-15-36-13-11-34-3/h23-24H,4-22,25-26H2,1-3H3. The van der Waals surface area contributed by atoms with E-state index in [9.17, 15) is 4.21 Å². The lowest BCUT2D eigenvalue weighted by molar-refractivity contribution is 0.0176. The highest BCUT2D eigenvalue weighted by atomic mass is 35.5. The van der Waals surface area contributed by atoms with E-state index < -0.39 is 10.8 Å². The Morgan fingerprint density at radius 1 is 0.610 bits per heavy atom. The fraction of sp³-hybridized carbons (Fsp3) is 0.800. The molecule has 0 heterocycles. The first-order valence-corrected chi connectivity index (χ1v) is 16.8. The largest absolute Gasteiger partial charge is 0.491 e. The molecule has 0 fully saturated rings. The van der Waals surface area contributed by atoms with Crippen LogP contribution in [0.25, 0.3) is 0 Å². The van der Waals surface area contributed by atoms with Gasteiger partial charge in [0, 0.05) is 41.9 Å². The van der Waals surface area contributed by atoms with E-state index in [1.165, 1.54) is 25.7 Å². The second-order valence-corrected chi connectivity index (χ2v) is 11.2. The second-order valence-electron chi connectivity index (χ2n) is 9.39. The van der Waals surface area contributed by atoms with Crippen molar-refractivity contribution in [3.63, 3.8) is 0 Å². The minimum atomic E-state index is -1.01. The van der Waals surface area contributed by atoms with Gasteiger partial charge < -0.3 is 37.9 Å². The topological polar surface area (TPSA) is 90.9 Å². The number of halogens is 1. The van der Waals surface area contributed by atoms with Gasteiger partial charge in [-0.15, -0.1) is 11.6 Å². The summed E-state index contributed by atoms with van der Waals surface area (Å²) >= 11 is 6.26. The zero-order chi connectivity index (χ0) is 29.8. The van der Waals surface area contributed by atoms with Crippen LogP contribution >= 0.6 is 11.6 Å². The summed E-state index contributed by atoms with van der Waals surface area (Å²) in [6.07, 6.45) is 6.99. The summed E-state index contributed by atoms with van der Waals surface area (Å²) in [7, 11) is 2.27. The summed E-state index contributed by atoms with van der Waals surface area (Å²) in [5.74, 6) is 2.64. The molecule has 240 valence electrons. The Hall–Kier alpha value is -0.980. The van der Waals surface area contributed by atoms with E-state index in [2.05, 4.69) is 6.92 Å². The molecule has 1 unspecified atom stereocenters. The molecule has 1 aromatic carbocycles. The van der Waals surface area contributed by atoms with Crippen molar-refractivity contribution in [2.45, 2.75) is 57.1 Å². The van der Waals surface area contributed by atoms with Crippen molar-refractivity contribution in [3.8, 4) is 11.5 Å². The minimum absolute atomic E-state index is 0.260. The summed E-state index contributed by atoms with van der Waals surface area (Å²) in [5.41, 5.74) is 1.65. The normalized spacial score (nSPS) is 12.1. The van der Waals surface area contributed by atoms with E-state index in [1.54, 1.807) is 14.2 Å². The van der Waals surface area contributed by atoms with Crippen molar-refractivity contribution in [2.24, 2.45) is 0 Å². The second kappa shape index (κ2) is 27.8. The first-order valence-electron chi connectivity index (χ1n) is 14.8. The van der Waals surface area contributed by atoms with Gasteiger partial charge in [-0.1, -0.05) is 39.0 Å². The van der Waals surface area contributed by atoms with Crippen LogP contribution in [0.1, 0.15) is 56.6 Å². The summed E-state index contributed by atoms with van der Waals surface area (Å²) in [5, 5.41) is 0. The van der Waals surface area contributed by atoms with E-state index in [-0.39, 0.29) is 5.88 Å². The maximum atomic E-state index is 13.0. The summed E-state index contributed by atoms with van der Waals surface area (Å²) in [6, 6.07) is 3.79. The molecular weight excluding hydrogens is 572 g/mol. The predicted octanol–water partition coefficient (Wildman–Crippen LogP) is 5.15. The van der Waals surface area contributed by atoms with Crippen LogP contribution in [0.4, 0.5) is 0 Å². The number of rotatable bonds is 30. The number of ether oxygens (including phenoxy) is 8. The third kappa shape index (κ3) is 20.5. The van der Waals surface area contributed by atoms with E-state index in [4.69, 9.17) is 49.5 Å². The number of benzene rings is 1. The maximum absolute atomic E-state index is 13.0. The Bertz CT molecular complexity index is 770. The van der Waals surface area contributed by atoms with Crippen LogP contribution in [-0.4, -0.2) is 103 Å². The van der Waals surface area contributed by atoms with Crippen LogP contribution in [-0.2, 0) is 50.9 Å². The molecule has 1 aromatic rings. The third-order valence-corrected chi connectivity index (χ3v) is 7.67. The number of unbranched alkanes of at least 4 members (excludes halogenated alkanes) is 5. The van der Waals surface area contributed by atoms with Crippen LogP contribution in [0.3, 0.4) is 0 Å². The molecule has 0 aromatic heterocycles. The lowest BCUT2D eigenvalue weighted by Gasteiger charge is -2.17. The Labute approximate surface area is 255 Å². The fourth-order valence-electron chi connectivity index (χ4n) is 3.77. The average molecular weight is 625 g/mol. The lowest BCUT2D eigenvalue weighted by atomic mass is 10.1. The number of hydrogen-bond donors (Lipinski definition) is 0. The molecule has 0 spiro atoms. The molecule has 1 rings (SSSR count). The Kier molecular flexibility index (Phi) is 25.8. The van der Waals surface area contributed by atoms with Crippen LogP contribution in [0.2, 0.25) is 0 Å². The van der Waals surface area contributed by atoms with Gasteiger partial charge in [-0.25, -0.2) is 0 Å². The van der Waals surface area contributed by atoms with Crippen molar-refractivity contribution >= 4 is 22.4 Å². The van der Waals surface area contributed by atoms with Crippen LogP contribution in [0.5, 0.6) is 11.5 Å². The zero-order valence-electron chi connectivity index (χ0n) is 25.5. The van der Waals surface area contributed by atoms with Crippen molar-refractivity contribution in [1.29, 1.82) is 0 Å². The molecule has 0 aliphatic carbocycles. The van der Waals surface area contributed by atoms with Gasteiger partial charge in [0.05, 0.1) is 77.7 Å². The number of hydrogen-bond acceptors (Lipinski definition) is 9. The molecule has 1 atom stereocenters. The molecule has 0 amide bonds. The number of alkyl halides is 1. The van der Waals surface area contributed by atoms with E-state index >= 15 is 0 Å². The predicted molar refractivity (Wildman–Crippen MR) is 164 cm³/mol. The quantitative estimate of drug-likeness (QED) is 0.0851. The van der Waals surface area contributed by atoms with Gasteiger partial charge in [-0.05, 0) is 18.6 Å². The highest BCUT2D eigenvalue weighted by molar-refractivity contribution is 7.84. The molecule has 0 saturated carbocycles. The highest BCUT2D eigenvalue weighted by Gasteiger charge is 2.15. The summed E-state index contributed by atoms with van der Waals surface area (Å²) < 4.78 is 57.0. The molecule has 0 aliphatic rings. The highest BCUT2D eigenvalue weighted by Crippen LogP contribution is 2.31. The molecule has 0 radical (unpaired) electrons. The SMILES string of the molecule is CCCCCCCCS(=O)Cc1cc(OCCOCCOCCOC)c(CCl)cc1OCCOCCOCCOC. The van der Waals surface area contributed by atoms with Crippen LogP contribution in [0, 0.1) is 0 Å². The molecular formula is C30H53ClO9S. The van der Waals surface area contributed by atoms with Crippen molar-refractivity contribution < 1.29 is 42.1 Å². The number of methoxy groups -OCH3 is 2. The zero-order valence-corrected chi connectivity index (χ0v) is 27.0. The fourth-order valence-corrected chi connectivity index (χ4v) is 5.22. The molecule has 9 nitrogen and oxygen atoms in total. The van der Waals surface area contributed by atoms with E-state index in [0.717, 1.165) is 24.0 Å². The van der Waals surface area contributed by atoms with Gasteiger partial charge in [0.25, 0.3) is 0 Å². The lowest BCUT2D eigenvalue weighted by Crippen LogP contribution is -2.14. The molecule has 0 N–H and O–H groups in total. The molecule has 11 heteroatoms. The van der Waals surface area contributed by atoms with E-state index in [1.807, 2.05) is 12.1 Å². The van der Waals surface area contributed by atoms with Crippen molar-refractivity contribution in [3.05, 3.63) is 23.3 Å². The molecule has 0 aliphatic heterocycles. The third-order valence-electron chi connectivity index (χ3n) is 6.01. The van der Waals surface area contributed by atoms with Gasteiger partial charge in [0.15, 0.2) is 0 Å².